The number of anilines is 6. The molecule has 55 heteroatoms. The summed E-state index contributed by atoms with van der Waals surface area (Å²) >= 11 is 22.8. The molecule has 0 aliphatic carbocycles. The maximum atomic E-state index is 12.4. The van der Waals surface area contributed by atoms with Crippen LogP contribution in [0.4, 0.5) is 34.8 Å². The minimum atomic E-state index is -1.48. The standard InChI is InChI=1S/C19H18Cl2N6O4.C19H19ClN6O4.C19H19IN6O4.C19H22N8O3.C18H19IN6O3/c1-22-17(29)19-7-30-12(13(19)28)16(31-19)27-8-24-11-14(25-18(21)26-15(11)27)23-6-9-3-2-4-10(20)5-9;2*1-21-18(28)19-7-29-13(14(19)27)17(30-19)26-9-25-12-15(23-8-24-16(12)26)22-6-10-3-2-4-11(20)5-10;1-21-18(29)19-7-23-12(14(19)28)17(30-19)27-9-26-13-15(24-8-25-16(13)27)22-6-10-4-2-3-5-11(10)20;19-11-3-1-2-10(4-11)5-20-15-13-16(23-8-22-15)25(9-24-13)17-12-14(27)18(7-26,28-17)6-21-12/h2-5,8,12-13,16,28H,6-7H2,1H3,(H,22,29)(H,23,25,26);2*2-5,8-9,13-14,17,27H,6-7H2,1H3,(H,21,28)(H,22,23,24);2-5,8-9,12,14,17,23,28H,6-7,20H2,1H3,(H,21,29)(H,22,24,25);1-4,8-9,12,14,17,21,26-27H,5-7H2,(H,20,22,23)/t12-,13?,16+,19-;2*13-,14?,17+,19-;12-,14?,17+,19-;12-,14?,17+,18+/m00000/s1. The van der Waals surface area contributed by atoms with E-state index in [4.69, 9.17) is 78.4 Å². The largest absolute Gasteiger partial charge is 0.398 e. The van der Waals surface area contributed by atoms with Crippen molar-refractivity contribution >= 4 is 194 Å². The molecule has 0 saturated carbocycles. The zero-order valence-electron chi connectivity index (χ0n) is 79.2. The predicted octanol–water partition coefficient (Wildman–Crippen LogP) is 3.20. The van der Waals surface area contributed by atoms with E-state index < -0.39 is 132 Å². The van der Waals surface area contributed by atoms with Crippen LogP contribution in [-0.4, -0.2) is 308 Å². The number of nitrogens with one attached hydrogen (secondary N) is 11. The van der Waals surface area contributed by atoms with E-state index in [0.717, 1.165) is 31.4 Å². The Morgan fingerprint density at radius 2 is 0.732 bits per heavy atom. The fourth-order valence-electron chi connectivity index (χ4n) is 20.0. The van der Waals surface area contributed by atoms with Gasteiger partial charge in [0.05, 0.1) is 70.1 Å². The molecule has 10 aromatic heterocycles. The van der Waals surface area contributed by atoms with Gasteiger partial charge in [0.15, 0.2) is 122 Å². The number of aliphatic hydroxyl groups excluding tert-OH is 6. The van der Waals surface area contributed by atoms with Gasteiger partial charge < -0.3 is 133 Å². The average Bonchev–Trinajstić information content (AvgIpc) is 1.59. The Balaban J connectivity index is 0.000000109. The number of nitrogen functional groups attached to an aromatic ring is 1. The van der Waals surface area contributed by atoms with Crippen LogP contribution in [0.5, 0.6) is 0 Å². The highest BCUT2D eigenvalue weighted by molar-refractivity contribution is 14.1. The van der Waals surface area contributed by atoms with Gasteiger partial charge in [-0.3, -0.25) is 42.0 Å². The van der Waals surface area contributed by atoms with Crippen LogP contribution in [0.15, 0.2) is 178 Å². The predicted molar refractivity (Wildman–Crippen MR) is 551 cm³/mol. The second kappa shape index (κ2) is 41.9. The first kappa shape index (κ1) is 102. The molecule has 10 aliphatic heterocycles. The first-order chi connectivity index (χ1) is 72.1. The third-order valence-corrected chi connectivity index (χ3v) is 29.7. The third kappa shape index (κ3) is 18.5. The highest BCUT2D eigenvalue weighted by Crippen LogP contribution is 2.51. The third-order valence-electron chi connectivity index (χ3n) is 27.7. The highest BCUT2D eigenvalue weighted by Gasteiger charge is 2.70. The van der Waals surface area contributed by atoms with E-state index in [2.05, 4.69) is 197 Å². The molecule has 20 heterocycles. The van der Waals surface area contributed by atoms with Gasteiger partial charge >= 0.3 is 0 Å². The Labute approximate surface area is 886 Å². The number of carbonyl (C=O) groups excluding carboxylic acids is 4. The highest BCUT2D eigenvalue weighted by atomic mass is 127. The van der Waals surface area contributed by atoms with E-state index in [1.165, 1.54) is 63.4 Å². The molecule has 0 spiro atoms. The van der Waals surface area contributed by atoms with Crippen molar-refractivity contribution in [1.29, 1.82) is 0 Å². The van der Waals surface area contributed by atoms with Gasteiger partial charge in [0.2, 0.25) is 22.1 Å². The van der Waals surface area contributed by atoms with Crippen LogP contribution in [0.25, 0.3) is 55.8 Å². The van der Waals surface area contributed by atoms with E-state index >= 15 is 0 Å². The van der Waals surface area contributed by atoms with Gasteiger partial charge in [-0.25, -0.2) is 64.8 Å². The Morgan fingerprint density at radius 3 is 1.12 bits per heavy atom. The Hall–Kier alpha value is -12.8. The van der Waals surface area contributed by atoms with Crippen LogP contribution in [0.1, 0.15) is 59.0 Å². The summed E-state index contributed by atoms with van der Waals surface area (Å²) in [6.45, 7) is 2.98. The lowest BCUT2D eigenvalue weighted by molar-refractivity contribution is -0.184. The lowest BCUT2D eigenvalue weighted by atomic mass is 9.98. The molecule has 776 valence electrons. The van der Waals surface area contributed by atoms with Crippen molar-refractivity contribution in [1.82, 2.24) is 129 Å². The van der Waals surface area contributed by atoms with Crippen LogP contribution in [0.2, 0.25) is 15.3 Å². The number of amides is 4. The topological polar surface area (TPSA) is 640 Å². The number of nitrogens with zero attached hydrogens (tertiary/aromatic N) is 20. The van der Waals surface area contributed by atoms with Crippen LogP contribution in [-0.2, 0) is 89.8 Å². The van der Waals surface area contributed by atoms with E-state index in [-0.39, 0.29) is 50.2 Å². The number of halogens is 5. The summed E-state index contributed by atoms with van der Waals surface area (Å²) in [7, 11) is 5.99. The van der Waals surface area contributed by atoms with Crippen molar-refractivity contribution in [3.63, 3.8) is 0 Å². The molecule has 10 aliphatic rings. The number of morpholine rings is 2. The van der Waals surface area contributed by atoms with Crippen LogP contribution in [0.3, 0.4) is 0 Å². The number of nitrogens with two attached hydrogens (primary N) is 1. The molecule has 10 saturated heterocycles. The summed E-state index contributed by atoms with van der Waals surface area (Å²) in [5.74, 6) is 1.09. The Bertz CT molecular complexity index is 7420. The molecule has 50 nitrogen and oxygen atoms in total. The van der Waals surface area contributed by atoms with Crippen molar-refractivity contribution in [3.05, 3.63) is 229 Å². The second-order valence-electron chi connectivity index (χ2n) is 36.3. The number of aliphatic hydroxyl groups is 6. The van der Waals surface area contributed by atoms with Gasteiger partial charge in [0.1, 0.15) is 79.7 Å². The summed E-state index contributed by atoms with van der Waals surface area (Å²) < 4.78 is 57.8. The maximum absolute atomic E-state index is 12.4. The number of hydrogen-bond acceptors (Lipinski definition) is 41. The smallest absolute Gasteiger partial charge is 0.257 e. The summed E-state index contributed by atoms with van der Waals surface area (Å²) in [5.41, 5.74) is 10.5. The molecule has 10 bridgehead atoms. The minimum Gasteiger partial charge on any atom is -0.398 e. The van der Waals surface area contributed by atoms with Crippen molar-refractivity contribution < 1.29 is 87.7 Å². The molecule has 15 aromatic rings. The van der Waals surface area contributed by atoms with Crippen LogP contribution >= 0.6 is 80.0 Å². The van der Waals surface area contributed by atoms with Gasteiger partial charge in [0.25, 0.3) is 23.6 Å². The number of ether oxygens (including phenoxy) is 8. The zero-order valence-corrected chi connectivity index (χ0v) is 85.8. The number of benzene rings is 5. The first-order valence-corrected chi connectivity index (χ1v) is 50.2. The molecule has 19 N–H and O–H groups in total. The van der Waals surface area contributed by atoms with Gasteiger partial charge in [0, 0.05) is 96.9 Å². The number of likely N-dealkylation sites (N-methyl/N-ethyl adjacent to an activating group) is 4. The van der Waals surface area contributed by atoms with Gasteiger partial charge in [-0.15, -0.1) is 0 Å². The molecule has 149 heavy (non-hydrogen) atoms. The Morgan fingerprint density at radius 1 is 0.389 bits per heavy atom. The molecular weight excluding hydrogens is 2230 g/mol. The lowest BCUT2D eigenvalue weighted by Crippen LogP contribution is -2.54. The fraction of sp³-hybridized carbons (Fsp3) is 0.372. The van der Waals surface area contributed by atoms with E-state index in [0.29, 0.717) is 140 Å². The lowest BCUT2D eigenvalue weighted by Gasteiger charge is -2.30. The average molecular weight is 2320 g/mol. The van der Waals surface area contributed by atoms with Crippen molar-refractivity contribution in [2.45, 2.75) is 153 Å². The number of fused-ring (bicyclic) bond motifs is 15. The zero-order chi connectivity index (χ0) is 104. The van der Waals surface area contributed by atoms with E-state index in [9.17, 15) is 49.8 Å². The molecule has 20 atom stereocenters. The maximum Gasteiger partial charge on any atom is 0.257 e. The molecule has 5 unspecified atom stereocenters. The number of rotatable bonds is 25. The minimum absolute atomic E-state index is 0.000693. The Kier molecular flexibility index (Phi) is 28.7. The molecule has 4 amide bonds. The number of imidazole rings is 5. The summed E-state index contributed by atoms with van der Waals surface area (Å²) in [6, 6.07) is 38.1. The molecular formula is C94H97Cl3I2N32O18. The normalized spacial score (nSPS) is 27.7. The van der Waals surface area contributed by atoms with Gasteiger partial charge in [-0.05, 0) is 139 Å². The molecule has 0 radical (unpaired) electrons. The van der Waals surface area contributed by atoms with E-state index in [1.807, 2.05) is 97.1 Å². The number of aromatic nitrogens is 20. The van der Waals surface area contributed by atoms with Crippen LogP contribution < -0.4 is 64.2 Å². The number of hydrogen-bond donors (Lipinski definition) is 18. The van der Waals surface area contributed by atoms with Crippen molar-refractivity contribution in [2.75, 3.05) is 100 Å². The summed E-state index contributed by atoms with van der Waals surface area (Å²) in [4.78, 5) is 115. The molecule has 5 aromatic carbocycles. The van der Waals surface area contributed by atoms with E-state index in [1.54, 1.807) is 54.2 Å². The number of carbonyl (C=O) groups is 4. The molecule has 25 rings (SSSR count). The van der Waals surface area contributed by atoms with Gasteiger partial charge in [-0.2, -0.15) is 9.97 Å². The first-order valence-electron chi connectivity index (χ1n) is 46.9. The second-order valence-corrected chi connectivity index (χ2v) is 40.0. The SMILES string of the molecule is CNC(=O)[C@]12CN[C@@H](C1O)[C@H](n1cnc3c(NCc4ccccc4N)ncnc31)O2.CNC(=O)[C@]12CO[C@@H](C1O)[C@H](n1cnc3c(NCc4cccc(Cl)c4)nc(Cl)nc31)O2.CNC(=O)[C@]12CO[C@@H](C1O)[C@H](n1cnc3c(NCc4cccc(Cl)c4)ncnc31)O2.CNC(=O)[C@]12CO[C@@H](C1O)[C@H](n1cnc3c(NCc4cccc(I)c4)ncnc31)O2.OC[C@]12CN[C@@H](C1O)[C@H](n1cnc3c(NCc4cccc(I)c4)ncnc31)O2. The summed E-state index contributed by atoms with van der Waals surface area (Å²) in [6.07, 6.45) is 2.94. The summed E-state index contributed by atoms with van der Waals surface area (Å²) in [5, 5.41) is 96.9. The monoisotopic (exact) mass is 2320 g/mol. The number of para-hydroxylation sites is 1. The van der Waals surface area contributed by atoms with Crippen LogP contribution in [0, 0.1) is 7.14 Å². The fourth-order valence-corrected chi connectivity index (χ4v) is 21.9. The quantitative estimate of drug-likeness (QED) is 0.0222. The van der Waals surface area contributed by atoms with Crippen molar-refractivity contribution in [3.8, 4) is 0 Å². The molecule has 10 fully saturated rings. The van der Waals surface area contributed by atoms with Crippen molar-refractivity contribution in [2.24, 2.45) is 0 Å². The van der Waals surface area contributed by atoms with Gasteiger partial charge in [-0.1, -0.05) is 89.9 Å².